The molecule has 1 aromatic carbocycles. The van der Waals surface area contributed by atoms with Crippen molar-refractivity contribution in [2.45, 2.75) is 19.1 Å². The molecule has 0 bridgehead atoms. The van der Waals surface area contributed by atoms with Crippen molar-refractivity contribution in [1.82, 2.24) is 4.72 Å². The van der Waals surface area contributed by atoms with Gasteiger partial charge in [0.1, 0.15) is 0 Å². The molecule has 1 rings (SSSR count). The lowest BCUT2D eigenvalue weighted by molar-refractivity contribution is -0.142. The van der Waals surface area contributed by atoms with E-state index < -0.39 is 16.0 Å². The zero-order valence-corrected chi connectivity index (χ0v) is 11.9. The summed E-state index contributed by atoms with van der Waals surface area (Å²) in [6.45, 7) is 1.93. The summed E-state index contributed by atoms with van der Waals surface area (Å²) in [5.74, 6) is -0.743. The zero-order chi connectivity index (χ0) is 15.0. The first kappa shape index (κ1) is 16.1. The molecule has 0 fully saturated rings. The van der Waals surface area contributed by atoms with Gasteiger partial charge in [-0.2, -0.15) is 5.26 Å². The number of rotatable bonds is 7. The first-order chi connectivity index (χ1) is 9.48. The van der Waals surface area contributed by atoms with E-state index in [1.165, 1.54) is 0 Å². The van der Waals surface area contributed by atoms with Gasteiger partial charge in [0, 0.05) is 6.54 Å². The quantitative estimate of drug-likeness (QED) is 0.755. The van der Waals surface area contributed by atoms with E-state index in [1.807, 2.05) is 6.07 Å². The molecule has 1 aromatic rings. The van der Waals surface area contributed by atoms with Crippen LogP contribution in [0.4, 0.5) is 0 Å². The summed E-state index contributed by atoms with van der Waals surface area (Å²) in [6, 6.07) is 8.43. The van der Waals surface area contributed by atoms with Crippen molar-refractivity contribution in [3.8, 4) is 6.07 Å². The number of benzene rings is 1. The second-order valence-electron chi connectivity index (χ2n) is 3.98. The molecule has 7 heteroatoms. The van der Waals surface area contributed by atoms with Gasteiger partial charge in [0.15, 0.2) is 0 Å². The average Bonchev–Trinajstić information content (AvgIpc) is 2.39. The van der Waals surface area contributed by atoms with E-state index in [4.69, 9.17) is 10.00 Å². The first-order valence-corrected chi connectivity index (χ1v) is 7.74. The number of hydrogen-bond donors (Lipinski definition) is 1. The predicted octanol–water partition coefficient (Wildman–Crippen LogP) is 0.931. The van der Waals surface area contributed by atoms with E-state index in [-0.39, 0.29) is 25.3 Å². The summed E-state index contributed by atoms with van der Waals surface area (Å²) in [5, 5.41) is 8.90. The van der Waals surface area contributed by atoms with Crippen LogP contribution in [0.3, 0.4) is 0 Å². The molecule has 0 unspecified atom stereocenters. The fourth-order valence-electron chi connectivity index (χ4n) is 1.55. The maximum Gasteiger partial charge on any atom is 0.307 e. The summed E-state index contributed by atoms with van der Waals surface area (Å²) in [6.07, 6.45) is -0.0209. The monoisotopic (exact) mass is 296 g/mol. The number of carbonyl (C=O) groups excluding carboxylic acids is 1. The lowest BCUT2D eigenvalue weighted by atomic mass is 10.1. The largest absolute Gasteiger partial charge is 0.466 e. The smallest absolute Gasteiger partial charge is 0.307 e. The van der Waals surface area contributed by atoms with Gasteiger partial charge in [-0.1, -0.05) is 18.2 Å². The van der Waals surface area contributed by atoms with E-state index in [1.54, 1.807) is 31.2 Å². The molecule has 0 aliphatic rings. The molecule has 6 nitrogen and oxygen atoms in total. The Hall–Kier alpha value is -1.91. The maximum atomic E-state index is 11.8. The van der Waals surface area contributed by atoms with Crippen molar-refractivity contribution in [1.29, 1.82) is 5.26 Å². The molecular weight excluding hydrogens is 280 g/mol. The van der Waals surface area contributed by atoms with Crippen molar-refractivity contribution in [2.75, 3.05) is 13.2 Å². The SMILES string of the molecule is CCOC(=O)CCNS(=O)(=O)Cc1ccccc1C#N. The average molecular weight is 296 g/mol. The molecule has 0 amide bonds. The van der Waals surface area contributed by atoms with Gasteiger partial charge in [0.2, 0.25) is 10.0 Å². The van der Waals surface area contributed by atoms with Crippen molar-refractivity contribution >= 4 is 16.0 Å². The van der Waals surface area contributed by atoms with Gasteiger partial charge in [-0.05, 0) is 18.6 Å². The molecule has 0 atom stereocenters. The number of nitrogens with zero attached hydrogens (tertiary/aromatic N) is 1. The van der Waals surface area contributed by atoms with Crippen LogP contribution >= 0.6 is 0 Å². The van der Waals surface area contributed by atoms with Crippen LogP contribution < -0.4 is 4.72 Å². The van der Waals surface area contributed by atoms with Crippen LogP contribution in [0.15, 0.2) is 24.3 Å². The second-order valence-corrected chi connectivity index (χ2v) is 5.78. The highest BCUT2D eigenvalue weighted by Gasteiger charge is 2.14. The summed E-state index contributed by atoms with van der Waals surface area (Å²) in [5.41, 5.74) is 0.752. The fourth-order valence-corrected chi connectivity index (χ4v) is 2.73. The second kappa shape index (κ2) is 7.62. The molecular formula is C13H16N2O4S. The summed E-state index contributed by atoms with van der Waals surface area (Å²) >= 11 is 0. The lowest BCUT2D eigenvalue weighted by Crippen LogP contribution is -2.28. The third kappa shape index (κ3) is 5.38. The molecule has 0 aliphatic carbocycles. The minimum absolute atomic E-state index is 0.0180. The van der Waals surface area contributed by atoms with E-state index in [0.717, 1.165) is 0 Å². The lowest BCUT2D eigenvalue weighted by Gasteiger charge is -2.07. The van der Waals surface area contributed by atoms with Crippen molar-refractivity contribution < 1.29 is 17.9 Å². The molecule has 0 radical (unpaired) electrons. The summed E-state index contributed by atoms with van der Waals surface area (Å²) < 4.78 is 30.7. The van der Waals surface area contributed by atoms with Crippen LogP contribution in [-0.2, 0) is 25.3 Å². The Balaban J connectivity index is 2.58. The Bertz CT molecular complexity index is 605. The van der Waals surface area contributed by atoms with Gasteiger partial charge in [-0.15, -0.1) is 0 Å². The number of nitrogens with one attached hydrogen (secondary N) is 1. The highest BCUT2D eigenvalue weighted by molar-refractivity contribution is 7.88. The normalized spacial score (nSPS) is 10.8. The Labute approximate surface area is 118 Å². The minimum atomic E-state index is -3.59. The summed E-state index contributed by atoms with van der Waals surface area (Å²) in [7, 11) is -3.59. The Morgan fingerprint density at radius 1 is 1.40 bits per heavy atom. The van der Waals surface area contributed by atoms with Gasteiger partial charge >= 0.3 is 5.97 Å². The Morgan fingerprint density at radius 2 is 2.10 bits per heavy atom. The predicted molar refractivity (Wildman–Crippen MR) is 73.0 cm³/mol. The molecule has 108 valence electrons. The third-order valence-corrected chi connectivity index (χ3v) is 3.77. The first-order valence-electron chi connectivity index (χ1n) is 6.09. The Morgan fingerprint density at radius 3 is 2.75 bits per heavy atom. The van der Waals surface area contributed by atoms with Gasteiger partial charge in [0.05, 0.1) is 30.4 Å². The van der Waals surface area contributed by atoms with E-state index in [9.17, 15) is 13.2 Å². The van der Waals surface area contributed by atoms with Crippen molar-refractivity contribution in [3.63, 3.8) is 0 Å². The van der Waals surface area contributed by atoms with Crippen LogP contribution in [-0.4, -0.2) is 27.5 Å². The highest BCUT2D eigenvalue weighted by atomic mass is 32.2. The summed E-state index contributed by atoms with van der Waals surface area (Å²) in [4.78, 5) is 11.1. The van der Waals surface area contributed by atoms with E-state index in [2.05, 4.69) is 4.72 Å². The van der Waals surface area contributed by atoms with Gasteiger partial charge in [-0.3, -0.25) is 4.79 Å². The van der Waals surface area contributed by atoms with Crippen LogP contribution in [0, 0.1) is 11.3 Å². The number of sulfonamides is 1. The standard InChI is InChI=1S/C13H16N2O4S/c1-2-19-13(16)7-8-15-20(17,18)10-12-6-4-3-5-11(12)9-14/h3-6,15H,2,7-8,10H2,1H3. The number of carbonyl (C=O) groups is 1. The van der Waals surface area contributed by atoms with Crippen LogP contribution in [0.25, 0.3) is 0 Å². The van der Waals surface area contributed by atoms with Gasteiger partial charge in [-0.25, -0.2) is 13.1 Å². The molecule has 0 saturated carbocycles. The Kier molecular flexibility index (Phi) is 6.15. The third-order valence-electron chi connectivity index (χ3n) is 2.44. The molecule has 0 aliphatic heterocycles. The van der Waals surface area contributed by atoms with Crippen molar-refractivity contribution in [3.05, 3.63) is 35.4 Å². The minimum Gasteiger partial charge on any atom is -0.466 e. The molecule has 1 N–H and O–H groups in total. The topological polar surface area (TPSA) is 96.3 Å². The van der Waals surface area contributed by atoms with Gasteiger partial charge in [0.25, 0.3) is 0 Å². The molecule has 0 spiro atoms. The number of hydrogen-bond acceptors (Lipinski definition) is 5. The fraction of sp³-hybridized carbons (Fsp3) is 0.385. The number of nitriles is 1. The number of ether oxygens (including phenoxy) is 1. The van der Waals surface area contributed by atoms with Crippen LogP contribution in [0.5, 0.6) is 0 Å². The molecule has 0 heterocycles. The van der Waals surface area contributed by atoms with Crippen LogP contribution in [0.1, 0.15) is 24.5 Å². The molecule has 0 aromatic heterocycles. The zero-order valence-electron chi connectivity index (χ0n) is 11.1. The molecule has 20 heavy (non-hydrogen) atoms. The van der Waals surface area contributed by atoms with Crippen molar-refractivity contribution in [2.24, 2.45) is 0 Å². The number of esters is 1. The maximum absolute atomic E-state index is 11.8. The van der Waals surface area contributed by atoms with Crippen LogP contribution in [0.2, 0.25) is 0 Å². The van der Waals surface area contributed by atoms with E-state index >= 15 is 0 Å². The van der Waals surface area contributed by atoms with Gasteiger partial charge < -0.3 is 4.74 Å². The highest BCUT2D eigenvalue weighted by Crippen LogP contribution is 2.10. The molecule has 0 saturated heterocycles. The van der Waals surface area contributed by atoms with E-state index in [0.29, 0.717) is 11.1 Å².